The Morgan fingerprint density at radius 2 is 2.04 bits per heavy atom. The van der Waals surface area contributed by atoms with Crippen LogP contribution in [0.1, 0.15) is 37.7 Å². The second-order valence-electron chi connectivity index (χ2n) is 5.81. The van der Waals surface area contributed by atoms with Gasteiger partial charge in [-0.05, 0) is 46.5 Å². The van der Waals surface area contributed by atoms with Crippen molar-refractivity contribution in [2.24, 2.45) is 0 Å². The zero-order valence-electron chi connectivity index (χ0n) is 12.7. The number of rotatable bonds is 3. The van der Waals surface area contributed by atoms with Gasteiger partial charge in [0.25, 0.3) is 11.6 Å². The van der Waals surface area contributed by atoms with Gasteiger partial charge in [-0.1, -0.05) is 49.3 Å². The molecule has 24 heavy (non-hydrogen) atoms. The Bertz CT molecular complexity index is 745. The van der Waals surface area contributed by atoms with E-state index in [0.717, 1.165) is 25.7 Å². The Morgan fingerprint density at radius 1 is 1.33 bits per heavy atom. The standard InChI is InChI=1S/C16H15BrN2O3S2/c17-12-7-6-10(8-13(12)19(21)22)9-14-15(20)18(16(23)24-14)11-4-2-1-3-5-11/h6-9,11H,1-5H2/b14-9-. The predicted molar refractivity (Wildman–Crippen MR) is 103 cm³/mol. The van der Waals surface area contributed by atoms with Crippen LogP contribution in [0.2, 0.25) is 0 Å². The molecule has 1 aromatic rings. The van der Waals surface area contributed by atoms with Gasteiger partial charge in [0.05, 0.1) is 14.3 Å². The van der Waals surface area contributed by atoms with E-state index in [4.69, 9.17) is 12.2 Å². The van der Waals surface area contributed by atoms with E-state index in [1.54, 1.807) is 23.1 Å². The number of nitrogens with zero attached hydrogens (tertiary/aromatic N) is 2. The van der Waals surface area contributed by atoms with Crippen LogP contribution in [0, 0.1) is 10.1 Å². The molecule has 0 spiro atoms. The van der Waals surface area contributed by atoms with Crippen LogP contribution in [-0.2, 0) is 4.79 Å². The van der Waals surface area contributed by atoms with E-state index in [1.165, 1.54) is 24.2 Å². The molecule has 3 rings (SSSR count). The Hall–Kier alpha value is -1.25. The minimum Gasteiger partial charge on any atom is -0.290 e. The zero-order chi connectivity index (χ0) is 17.3. The SMILES string of the molecule is O=C1/C(=C/c2ccc(Br)c([N+](=O)[O-])c2)SC(=S)N1C1CCCCC1. The lowest BCUT2D eigenvalue weighted by Gasteiger charge is -2.29. The van der Waals surface area contributed by atoms with Crippen molar-refractivity contribution in [1.82, 2.24) is 4.90 Å². The van der Waals surface area contributed by atoms with Crippen LogP contribution in [0.4, 0.5) is 5.69 Å². The van der Waals surface area contributed by atoms with Crippen molar-refractivity contribution in [3.8, 4) is 0 Å². The molecular weight excluding hydrogens is 412 g/mol. The number of hydrogen-bond acceptors (Lipinski definition) is 5. The molecular formula is C16H15BrN2O3S2. The molecule has 0 aromatic heterocycles. The number of benzene rings is 1. The molecule has 0 N–H and O–H groups in total. The van der Waals surface area contributed by atoms with Gasteiger partial charge >= 0.3 is 0 Å². The second kappa shape index (κ2) is 7.33. The van der Waals surface area contributed by atoms with Gasteiger partial charge in [-0.3, -0.25) is 19.8 Å². The molecule has 1 heterocycles. The average Bonchev–Trinajstić information content (AvgIpc) is 2.83. The van der Waals surface area contributed by atoms with E-state index in [-0.39, 0.29) is 17.6 Å². The van der Waals surface area contributed by atoms with Crippen molar-refractivity contribution in [1.29, 1.82) is 0 Å². The lowest BCUT2D eigenvalue weighted by molar-refractivity contribution is -0.385. The van der Waals surface area contributed by atoms with Crippen molar-refractivity contribution in [2.75, 3.05) is 0 Å². The highest BCUT2D eigenvalue weighted by atomic mass is 79.9. The summed E-state index contributed by atoms with van der Waals surface area (Å²) in [4.78, 5) is 25.6. The van der Waals surface area contributed by atoms with Crippen molar-refractivity contribution in [2.45, 2.75) is 38.1 Å². The first-order chi connectivity index (χ1) is 11.5. The highest BCUT2D eigenvalue weighted by Crippen LogP contribution is 2.37. The van der Waals surface area contributed by atoms with Gasteiger partial charge in [-0.2, -0.15) is 0 Å². The van der Waals surface area contributed by atoms with Gasteiger partial charge < -0.3 is 0 Å². The largest absolute Gasteiger partial charge is 0.290 e. The van der Waals surface area contributed by atoms with Gasteiger partial charge in [0, 0.05) is 12.1 Å². The van der Waals surface area contributed by atoms with E-state index < -0.39 is 4.92 Å². The number of halogens is 1. The quantitative estimate of drug-likeness (QED) is 0.298. The molecule has 8 heteroatoms. The topological polar surface area (TPSA) is 63.4 Å². The van der Waals surface area contributed by atoms with Gasteiger partial charge in [0.2, 0.25) is 0 Å². The fraction of sp³-hybridized carbons (Fsp3) is 0.375. The summed E-state index contributed by atoms with van der Waals surface area (Å²) in [7, 11) is 0. The Balaban J connectivity index is 1.86. The summed E-state index contributed by atoms with van der Waals surface area (Å²) in [5.41, 5.74) is 0.598. The van der Waals surface area contributed by atoms with Crippen molar-refractivity contribution in [3.05, 3.63) is 43.3 Å². The summed E-state index contributed by atoms with van der Waals surface area (Å²) in [6.45, 7) is 0. The first-order valence-corrected chi connectivity index (χ1v) is 9.70. The molecule has 2 fully saturated rings. The maximum absolute atomic E-state index is 12.7. The molecule has 1 saturated carbocycles. The van der Waals surface area contributed by atoms with E-state index in [1.807, 2.05) is 0 Å². The molecule has 1 amide bonds. The highest BCUT2D eigenvalue weighted by molar-refractivity contribution is 9.10. The van der Waals surface area contributed by atoms with Crippen molar-refractivity contribution in [3.63, 3.8) is 0 Å². The van der Waals surface area contributed by atoms with Gasteiger partial charge in [0.1, 0.15) is 4.32 Å². The third-order valence-corrected chi connectivity index (χ3v) is 6.23. The summed E-state index contributed by atoms with van der Waals surface area (Å²) in [5.74, 6) is -0.0810. The van der Waals surface area contributed by atoms with Crippen LogP contribution in [0.5, 0.6) is 0 Å². The molecule has 0 atom stereocenters. The van der Waals surface area contributed by atoms with E-state index >= 15 is 0 Å². The van der Waals surface area contributed by atoms with E-state index in [2.05, 4.69) is 15.9 Å². The smallest absolute Gasteiger partial charge is 0.284 e. The van der Waals surface area contributed by atoms with Crippen molar-refractivity contribution < 1.29 is 9.72 Å². The van der Waals surface area contributed by atoms with Gasteiger partial charge in [-0.15, -0.1) is 0 Å². The summed E-state index contributed by atoms with van der Waals surface area (Å²) < 4.78 is 1.00. The Morgan fingerprint density at radius 3 is 2.71 bits per heavy atom. The predicted octanol–water partition coefficient (Wildman–Crippen LogP) is 4.89. The molecule has 126 valence electrons. The third-order valence-electron chi connectivity index (χ3n) is 4.23. The average molecular weight is 427 g/mol. The molecule has 1 aliphatic heterocycles. The van der Waals surface area contributed by atoms with Crippen LogP contribution in [-0.4, -0.2) is 26.1 Å². The van der Waals surface area contributed by atoms with Gasteiger partial charge in [0.15, 0.2) is 0 Å². The van der Waals surface area contributed by atoms with Crippen LogP contribution in [0.25, 0.3) is 6.08 Å². The number of carbonyl (C=O) groups excluding carboxylic acids is 1. The molecule has 1 saturated heterocycles. The zero-order valence-corrected chi connectivity index (χ0v) is 16.0. The first-order valence-electron chi connectivity index (χ1n) is 7.68. The number of nitro groups is 1. The van der Waals surface area contributed by atoms with Crippen LogP contribution >= 0.6 is 39.9 Å². The van der Waals surface area contributed by atoms with Crippen LogP contribution < -0.4 is 0 Å². The summed E-state index contributed by atoms with van der Waals surface area (Å²) in [6, 6.07) is 5.00. The highest BCUT2D eigenvalue weighted by Gasteiger charge is 2.37. The number of thiocarbonyl (C=S) groups is 1. The number of nitro benzene ring substituents is 1. The fourth-order valence-electron chi connectivity index (χ4n) is 3.04. The summed E-state index contributed by atoms with van der Waals surface area (Å²) in [6.07, 6.45) is 7.12. The minimum absolute atomic E-state index is 0.0218. The Kier molecular flexibility index (Phi) is 5.36. The third kappa shape index (κ3) is 3.55. The molecule has 1 aromatic carbocycles. The lowest BCUT2D eigenvalue weighted by Crippen LogP contribution is -2.39. The summed E-state index contributed by atoms with van der Waals surface area (Å²) >= 11 is 9.83. The number of thioether (sulfide) groups is 1. The fourth-order valence-corrected chi connectivity index (χ4v) is 4.84. The first kappa shape index (κ1) is 17.6. The maximum Gasteiger partial charge on any atom is 0.284 e. The molecule has 1 aliphatic carbocycles. The molecule has 0 radical (unpaired) electrons. The van der Waals surface area contributed by atoms with E-state index in [0.29, 0.717) is 19.3 Å². The molecule has 0 unspecified atom stereocenters. The maximum atomic E-state index is 12.7. The van der Waals surface area contributed by atoms with Crippen LogP contribution in [0.3, 0.4) is 0 Å². The second-order valence-corrected chi connectivity index (χ2v) is 8.34. The monoisotopic (exact) mass is 426 g/mol. The van der Waals surface area contributed by atoms with E-state index in [9.17, 15) is 14.9 Å². The van der Waals surface area contributed by atoms with Gasteiger partial charge in [-0.25, -0.2) is 0 Å². The number of hydrogen-bond donors (Lipinski definition) is 0. The van der Waals surface area contributed by atoms with Crippen LogP contribution in [0.15, 0.2) is 27.6 Å². The Labute approximate surface area is 157 Å². The lowest BCUT2D eigenvalue weighted by atomic mass is 9.94. The summed E-state index contributed by atoms with van der Waals surface area (Å²) in [5, 5.41) is 11.0. The number of carbonyl (C=O) groups is 1. The molecule has 5 nitrogen and oxygen atoms in total. The molecule has 2 aliphatic rings. The minimum atomic E-state index is -0.450. The molecule has 0 bridgehead atoms. The van der Waals surface area contributed by atoms with Crippen molar-refractivity contribution >= 4 is 61.9 Å². The normalized spacial score (nSPS) is 20.9. The number of amides is 1.